The van der Waals surface area contributed by atoms with Crippen LogP contribution in [0.4, 0.5) is 4.39 Å². The van der Waals surface area contributed by atoms with Crippen molar-refractivity contribution in [3.05, 3.63) is 34.6 Å². The molecule has 0 radical (unpaired) electrons. The lowest BCUT2D eigenvalue weighted by atomic mass is 10.2. The number of carboxylic acids is 1. The van der Waals surface area contributed by atoms with Crippen molar-refractivity contribution < 1.29 is 23.3 Å². The number of halogens is 2. The standard InChI is InChI=1S/C12H13ClFNO4S/c1-7(16)15-11(12(17)18)6-20(19)5-8-2-3-10(14)9(13)4-8/h2-4,11H,5-6H2,1H3,(H,15,16)(H,17,18)/t11-,20?/m0/s1. The summed E-state index contributed by atoms with van der Waals surface area (Å²) in [6.45, 7) is 1.18. The van der Waals surface area contributed by atoms with Crippen LogP contribution in [0.15, 0.2) is 18.2 Å². The SMILES string of the molecule is CC(=O)N[C@@H](CS(=O)Cc1ccc(F)c(Cl)c1)C(=O)O. The molecule has 0 saturated carbocycles. The molecule has 8 heteroatoms. The fourth-order valence-electron chi connectivity index (χ4n) is 1.48. The van der Waals surface area contributed by atoms with Crippen LogP contribution in [-0.2, 0) is 26.1 Å². The summed E-state index contributed by atoms with van der Waals surface area (Å²) in [5, 5.41) is 11.0. The monoisotopic (exact) mass is 321 g/mol. The number of benzene rings is 1. The van der Waals surface area contributed by atoms with Gasteiger partial charge >= 0.3 is 5.97 Å². The third-order valence-electron chi connectivity index (χ3n) is 2.34. The highest BCUT2D eigenvalue weighted by atomic mass is 35.5. The first-order valence-corrected chi connectivity index (χ1v) is 7.45. The van der Waals surface area contributed by atoms with Crippen LogP contribution in [0.3, 0.4) is 0 Å². The van der Waals surface area contributed by atoms with Gasteiger partial charge in [-0.1, -0.05) is 17.7 Å². The molecule has 0 saturated heterocycles. The smallest absolute Gasteiger partial charge is 0.327 e. The Kier molecular flexibility index (Phi) is 6.09. The summed E-state index contributed by atoms with van der Waals surface area (Å²) in [7, 11) is -1.53. The minimum Gasteiger partial charge on any atom is -0.480 e. The van der Waals surface area contributed by atoms with Gasteiger partial charge in [-0.25, -0.2) is 9.18 Å². The predicted molar refractivity (Wildman–Crippen MR) is 73.4 cm³/mol. The van der Waals surface area contributed by atoms with Gasteiger partial charge in [-0.05, 0) is 17.7 Å². The van der Waals surface area contributed by atoms with E-state index in [9.17, 15) is 18.2 Å². The molecule has 0 fully saturated rings. The van der Waals surface area contributed by atoms with Crippen LogP contribution >= 0.6 is 11.6 Å². The van der Waals surface area contributed by atoms with E-state index in [1.807, 2.05) is 0 Å². The van der Waals surface area contributed by atoms with Gasteiger partial charge in [0.05, 0.1) is 10.8 Å². The Hall–Kier alpha value is -1.47. The van der Waals surface area contributed by atoms with Crippen molar-refractivity contribution in [2.75, 3.05) is 5.75 Å². The van der Waals surface area contributed by atoms with Gasteiger partial charge in [0, 0.05) is 23.5 Å². The minimum absolute atomic E-state index is 0.0311. The van der Waals surface area contributed by atoms with Gasteiger partial charge in [0.15, 0.2) is 0 Å². The van der Waals surface area contributed by atoms with E-state index >= 15 is 0 Å². The number of amides is 1. The number of carbonyl (C=O) groups is 2. The first kappa shape index (κ1) is 16.6. The average molecular weight is 322 g/mol. The Balaban J connectivity index is 2.67. The van der Waals surface area contributed by atoms with Crippen molar-refractivity contribution >= 4 is 34.3 Å². The molecule has 0 aliphatic rings. The summed E-state index contributed by atoms with van der Waals surface area (Å²) in [6.07, 6.45) is 0. The third-order valence-corrected chi connectivity index (χ3v) is 3.99. The zero-order valence-corrected chi connectivity index (χ0v) is 12.1. The number of rotatable bonds is 6. The van der Waals surface area contributed by atoms with Crippen LogP contribution in [0.25, 0.3) is 0 Å². The Labute approximate surface area is 122 Å². The second kappa shape index (κ2) is 7.35. The van der Waals surface area contributed by atoms with E-state index < -0.39 is 34.5 Å². The van der Waals surface area contributed by atoms with E-state index in [1.165, 1.54) is 19.1 Å². The van der Waals surface area contributed by atoms with E-state index in [4.69, 9.17) is 16.7 Å². The van der Waals surface area contributed by atoms with Gasteiger partial charge in [0.1, 0.15) is 11.9 Å². The van der Waals surface area contributed by atoms with E-state index in [2.05, 4.69) is 5.32 Å². The molecule has 0 bridgehead atoms. The molecule has 1 amide bonds. The molecule has 1 aromatic rings. The number of aliphatic carboxylic acids is 1. The van der Waals surface area contributed by atoms with Crippen molar-refractivity contribution in [1.82, 2.24) is 5.32 Å². The van der Waals surface area contributed by atoms with E-state index in [-0.39, 0.29) is 16.5 Å². The lowest BCUT2D eigenvalue weighted by molar-refractivity contribution is -0.140. The van der Waals surface area contributed by atoms with Gasteiger partial charge in [-0.15, -0.1) is 0 Å². The molecule has 0 heterocycles. The van der Waals surface area contributed by atoms with Crippen molar-refractivity contribution in [1.29, 1.82) is 0 Å². The normalized spacial score (nSPS) is 13.6. The lowest BCUT2D eigenvalue weighted by Gasteiger charge is -2.12. The summed E-state index contributed by atoms with van der Waals surface area (Å²) < 4.78 is 24.8. The van der Waals surface area contributed by atoms with Crippen LogP contribution in [0.2, 0.25) is 5.02 Å². The first-order valence-electron chi connectivity index (χ1n) is 5.58. The second-order valence-electron chi connectivity index (χ2n) is 4.09. The summed E-state index contributed by atoms with van der Waals surface area (Å²) in [4.78, 5) is 21.7. The molecule has 20 heavy (non-hydrogen) atoms. The molecule has 5 nitrogen and oxygen atoms in total. The fourth-order valence-corrected chi connectivity index (χ4v) is 2.95. The molecule has 1 aromatic carbocycles. The van der Waals surface area contributed by atoms with E-state index in [0.29, 0.717) is 5.56 Å². The van der Waals surface area contributed by atoms with Crippen molar-refractivity contribution in [2.45, 2.75) is 18.7 Å². The van der Waals surface area contributed by atoms with Gasteiger partial charge in [0.25, 0.3) is 0 Å². The largest absolute Gasteiger partial charge is 0.480 e. The molecule has 0 aromatic heterocycles. The summed E-state index contributed by atoms with van der Waals surface area (Å²) >= 11 is 5.60. The van der Waals surface area contributed by atoms with Crippen molar-refractivity contribution in [3.8, 4) is 0 Å². The molecule has 1 rings (SSSR count). The highest BCUT2D eigenvalue weighted by Crippen LogP contribution is 2.17. The zero-order valence-electron chi connectivity index (χ0n) is 10.6. The fraction of sp³-hybridized carbons (Fsp3) is 0.333. The Morgan fingerprint density at radius 3 is 2.65 bits per heavy atom. The molecule has 0 spiro atoms. The Morgan fingerprint density at radius 2 is 2.15 bits per heavy atom. The molecule has 1 unspecified atom stereocenters. The maximum absolute atomic E-state index is 13.0. The second-order valence-corrected chi connectivity index (χ2v) is 6.00. The van der Waals surface area contributed by atoms with E-state index in [0.717, 1.165) is 6.07 Å². The third kappa shape index (κ3) is 5.26. The molecule has 110 valence electrons. The highest BCUT2D eigenvalue weighted by molar-refractivity contribution is 7.84. The maximum atomic E-state index is 13.0. The number of hydrogen-bond acceptors (Lipinski definition) is 3. The maximum Gasteiger partial charge on any atom is 0.327 e. The Morgan fingerprint density at radius 1 is 1.50 bits per heavy atom. The van der Waals surface area contributed by atoms with Crippen molar-refractivity contribution in [3.63, 3.8) is 0 Å². The van der Waals surface area contributed by atoms with E-state index in [1.54, 1.807) is 0 Å². The Bertz CT molecular complexity index is 552. The predicted octanol–water partition coefficient (Wildman–Crippen LogP) is 1.32. The number of nitrogens with one attached hydrogen (secondary N) is 1. The van der Waals surface area contributed by atoms with Crippen LogP contribution < -0.4 is 5.32 Å². The number of carbonyl (C=O) groups excluding carboxylic acids is 1. The van der Waals surface area contributed by atoms with Crippen LogP contribution in [0.1, 0.15) is 12.5 Å². The van der Waals surface area contributed by atoms with Gasteiger partial charge in [-0.2, -0.15) is 0 Å². The van der Waals surface area contributed by atoms with Gasteiger partial charge in [-0.3, -0.25) is 9.00 Å². The molecule has 0 aliphatic carbocycles. The molecule has 2 N–H and O–H groups in total. The molecule has 0 aliphatic heterocycles. The molecular formula is C12H13ClFNO4S. The first-order chi connectivity index (χ1) is 9.29. The van der Waals surface area contributed by atoms with Crippen LogP contribution in [0.5, 0.6) is 0 Å². The highest BCUT2D eigenvalue weighted by Gasteiger charge is 2.21. The van der Waals surface area contributed by atoms with Gasteiger partial charge in [0.2, 0.25) is 5.91 Å². The van der Waals surface area contributed by atoms with Crippen LogP contribution in [-0.4, -0.2) is 33.0 Å². The quantitative estimate of drug-likeness (QED) is 0.827. The topological polar surface area (TPSA) is 83.5 Å². The number of hydrogen-bond donors (Lipinski definition) is 2. The zero-order chi connectivity index (χ0) is 15.3. The molecular weight excluding hydrogens is 309 g/mol. The number of carboxylic acid groups (broad SMARTS) is 1. The van der Waals surface area contributed by atoms with Crippen LogP contribution in [0, 0.1) is 5.82 Å². The molecule has 2 atom stereocenters. The summed E-state index contributed by atoms with van der Waals surface area (Å²) in [5.41, 5.74) is 0.529. The van der Waals surface area contributed by atoms with Gasteiger partial charge < -0.3 is 10.4 Å². The minimum atomic E-state index is -1.53. The summed E-state index contributed by atoms with van der Waals surface area (Å²) in [5.74, 6) is -2.56. The lowest BCUT2D eigenvalue weighted by Crippen LogP contribution is -2.43. The summed E-state index contributed by atoms with van der Waals surface area (Å²) in [6, 6.07) is 2.69. The average Bonchev–Trinajstić information content (AvgIpc) is 2.32. The van der Waals surface area contributed by atoms with Crippen molar-refractivity contribution in [2.24, 2.45) is 0 Å².